The fraction of sp³-hybridized carbons (Fsp3) is 0.529. The fourth-order valence-corrected chi connectivity index (χ4v) is 2.60. The molecule has 1 aliphatic rings. The van der Waals surface area contributed by atoms with E-state index in [0.717, 1.165) is 19.3 Å². The summed E-state index contributed by atoms with van der Waals surface area (Å²) < 4.78 is 10.1. The maximum Gasteiger partial charge on any atom is 0.328 e. The quantitative estimate of drug-likeness (QED) is 0.781. The standard InChI is InChI=1S/C17H23NO4/c1-21-17(20)14(18-16(19)15-11-6-12-22-15)10-5-9-13-7-3-2-4-8-13/h2-4,7-8,14-15H,5-6,9-12H2,1H3,(H,18,19)/t14-,15+/m0/s1. The first-order valence-corrected chi connectivity index (χ1v) is 7.74. The van der Waals surface area contributed by atoms with Crippen LogP contribution in [-0.4, -0.2) is 37.7 Å². The van der Waals surface area contributed by atoms with Crippen LogP contribution in [0.4, 0.5) is 0 Å². The molecule has 1 saturated heterocycles. The number of hydrogen-bond acceptors (Lipinski definition) is 4. The Morgan fingerprint density at radius 2 is 2.14 bits per heavy atom. The molecule has 5 nitrogen and oxygen atoms in total. The van der Waals surface area contributed by atoms with E-state index in [2.05, 4.69) is 17.4 Å². The summed E-state index contributed by atoms with van der Waals surface area (Å²) >= 11 is 0. The Balaban J connectivity index is 1.83. The molecular formula is C17H23NO4. The molecular weight excluding hydrogens is 282 g/mol. The lowest BCUT2D eigenvalue weighted by Crippen LogP contribution is -2.45. The molecule has 0 spiro atoms. The molecule has 1 aromatic carbocycles. The van der Waals surface area contributed by atoms with Crippen molar-refractivity contribution < 1.29 is 19.1 Å². The highest BCUT2D eigenvalue weighted by molar-refractivity contribution is 5.87. The van der Waals surface area contributed by atoms with E-state index in [1.807, 2.05) is 18.2 Å². The van der Waals surface area contributed by atoms with Crippen molar-refractivity contribution in [1.82, 2.24) is 5.32 Å². The normalized spacial score (nSPS) is 18.7. The number of benzene rings is 1. The van der Waals surface area contributed by atoms with Gasteiger partial charge >= 0.3 is 5.97 Å². The second-order valence-corrected chi connectivity index (χ2v) is 5.46. The van der Waals surface area contributed by atoms with Crippen molar-refractivity contribution in [2.45, 2.75) is 44.2 Å². The van der Waals surface area contributed by atoms with Gasteiger partial charge in [0.05, 0.1) is 7.11 Å². The molecule has 1 amide bonds. The molecule has 0 saturated carbocycles. The third kappa shape index (κ3) is 4.84. The molecule has 0 bridgehead atoms. The number of rotatable bonds is 7. The summed E-state index contributed by atoms with van der Waals surface area (Å²) in [7, 11) is 1.34. The molecule has 0 unspecified atom stereocenters. The number of hydrogen-bond donors (Lipinski definition) is 1. The smallest absolute Gasteiger partial charge is 0.328 e. The van der Waals surface area contributed by atoms with Crippen LogP contribution >= 0.6 is 0 Å². The van der Waals surface area contributed by atoms with Gasteiger partial charge in [-0.15, -0.1) is 0 Å². The van der Waals surface area contributed by atoms with Gasteiger partial charge in [0.2, 0.25) is 5.91 Å². The lowest BCUT2D eigenvalue weighted by atomic mass is 10.0. The van der Waals surface area contributed by atoms with Crippen molar-refractivity contribution in [3.8, 4) is 0 Å². The molecule has 22 heavy (non-hydrogen) atoms. The van der Waals surface area contributed by atoms with Crippen molar-refractivity contribution in [1.29, 1.82) is 0 Å². The average molecular weight is 305 g/mol. The van der Waals surface area contributed by atoms with Gasteiger partial charge in [0.1, 0.15) is 12.1 Å². The summed E-state index contributed by atoms with van der Waals surface area (Å²) in [6.07, 6.45) is 3.39. The number of methoxy groups -OCH3 is 1. The van der Waals surface area contributed by atoms with E-state index in [0.29, 0.717) is 19.4 Å². The number of esters is 1. The zero-order valence-corrected chi connectivity index (χ0v) is 12.9. The van der Waals surface area contributed by atoms with Crippen LogP contribution < -0.4 is 5.32 Å². The molecule has 1 N–H and O–H groups in total. The number of nitrogens with one attached hydrogen (secondary N) is 1. The largest absolute Gasteiger partial charge is 0.467 e. The number of carbonyl (C=O) groups excluding carboxylic acids is 2. The third-order valence-electron chi connectivity index (χ3n) is 3.83. The van der Waals surface area contributed by atoms with Gasteiger partial charge in [0.25, 0.3) is 0 Å². The van der Waals surface area contributed by atoms with Crippen molar-refractivity contribution in [3.63, 3.8) is 0 Å². The first kappa shape index (κ1) is 16.5. The van der Waals surface area contributed by atoms with Crippen molar-refractivity contribution >= 4 is 11.9 Å². The van der Waals surface area contributed by atoms with E-state index in [4.69, 9.17) is 9.47 Å². The van der Waals surface area contributed by atoms with Gasteiger partial charge in [0.15, 0.2) is 0 Å². The Morgan fingerprint density at radius 3 is 2.77 bits per heavy atom. The molecule has 1 heterocycles. The first-order valence-electron chi connectivity index (χ1n) is 7.74. The van der Waals surface area contributed by atoms with Gasteiger partial charge in [-0.1, -0.05) is 30.3 Å². The Labute approximate surface area is 131 Å². The lowest BCUT2D eigenvalue weighted by molar-refractivity contribution is -0.146. The summed E-state index contributed by atoms with van der Waals surface area (Å²) in [4.78, 5) is 23.9. The summed E-state index contributed by atoms with van der Waals surface area (Å²) in [5, 5.41) is 2.76. The van der Waals surface area contributed by atoms with Crippen LogP contribution in [0.3, 0.4) is 0 Å². The molecule has 5 heteroatoms. The zero-order chi connectivity index (χ0) is 15.8. The molecule has 0 aromatic heterocycles. The summed E-state index contributed by atoms with van der Waals surface area (Å²) in [5.74, 6) is -0.619. The van der Waals surface area contributed by atoms with Crippen molar-refractivity contribution in [3.05, 3.63) is 35.9 Å². The molecule has 1 fully saturated rings. The highest BCUT2D eigenvalue weighted by atomic mass is 16.5. The van der Waals surface area contributed by atoms with E-state index in [9.17, 15) is 9.59 Å². The summed E-state index contributed by atoms with van der Waals surface area (Å²) in [6, 6.07) is 9.46. The molecule has 2 rings (SSSR count). The summed E-state index contributed by atoms with van der Waals surface area (Å²) in [6.45, 7) is 0.606. The van der Waals surface area contributed by atoms with Crippen LogP contribution in [0.2, 0.25) is 0 Å². The second-order valence-electron chi connectivity index (χ2n) is 5.46. The molecule has 1 aliphatic heterocycles. The minimum Gasteiger partial charge on any atom is -0.467 e. The van der Waals surface area contributed by atoms with E-state index in [-0.39, 0.29) is 5.91 Å². The topological polar surface area (TPSA) is 64.6 Å². The fourth-order valence-electron chi connectivity index (χ4n) is 2.60. The van der Waals surface area contributed by atoms with E-state index < -0.39 is 18.1 Å². The first-order chi connectivity index (χ1) is 10.7. The van der Waals surface area contributed by atoms with Gasteiger partial charge in [0, 0.05) is 6.61 Å². The predicted octanol–water partition coefficient (Wildman–Crippen LogP) is 1.85. The van der Waals surface area contributed by atoms with Crippen molar-refractivity contribution in [2.75, 3.05) is 13.7 Å². The Hall–Kier alpha value is -1.88. The molecule has 1 aromatic rings. The van der Waals surface area contributed by atoms with E-state index >= 15 is 0 Å². The second kappa shape index (κ2) is 8.54. The van der Waals surface area contributed by atoms with Gasteiger partial charge in [-0.3, -0.25) is 4.79 Å². The Kier molecular flexibility index (Phi) is 6.40. The number of carbonyl (C=O) groups is 2. The maximum atomic E-state index is 12.1. The summed E-state index contributed by atoms with van der Waals surface area (Å²) in [5.41, 5.74) is 1.22. The van der Waals surface area contributed by atoms with E-state index in [1.165, 1.54) is 12.7 Å². The van der Waals surface area contributed by atoms with Crippen molar-refractivity contribution in [2.24, 2.45) is 0 Å². The Morgan fingerprint density at radius 1 is 1.36 bits per heavy atom. The molecule has 2 atom stereocenters. The van der Waals surface area contributed by atoms with Gasteiger partial charge in [-0.25, -0.2) is 4.79 Å². The van der Waals surface area contributed by atoms with Gasteiger partial charge in [-0.05, 0) is 37.7 Å². The molecule has 0 radical (unpaired) electrons. The number of aryl methyl sites for hydroxylation is 1. The number of ether oxygens (including phenoxy) is 2. The zero-order valence-electron chi connectivity index (χ0n) is 12.9. The van der Waals surface area contributed by atoms with Crippen LogP contribution in [-0.2, 0) is 25.5 Å². The molecule has 0 aliphatic carbocycles. The number of amides is 1. The Bertz CT molecular complexity index is 483. The highest BCUT2D eigenvalue weighted by Crippen LogP contribution is 2.13. The minimum absolute atomic E-state index is 0.215. The maximum absolute atomic E-state index is 12.1. The van der Waals surface area contributed by atoms with Crippen LogP contribution in [0.25, 0.3) is 0 Å². The van der Waals surface area contributed by atoms with Gasteiger partial charge < -0.3 is 14.8 Å². The monoisotopic (exact) mass is 305 g/mol. The molecule has 120 valence electrons. The third-order valence-corrected chi connectivity index (χ3v) is 3.83. The minimum atomic E-state index is -0.606. The SMILES string of the molecule is COC(=O)[C@H](CCCc1ccccc1)NC(=O)[C@H]1CCCO1. The highest BCUT2D eigenvalue weighted by Gasteiger charge is 2.28. The van der Waals surface area contributed by atoms with Crippen LogP contribution in [0.5, 0.6) is 0 Å². The average Bonchev–Trinajstić information content (AvgIpc) is 3.08. The van der Waals surface area contributed by atoms with Gasteiger partial charge in [-0.2, -0.15) is 0 Å². The lowest BCUT2D eigenvalue weighted by Gasteiger charge is -2.18. The van der Waals surface area contributed by atoms with Crippen LogP contribution in [0.1, 0.15) is 31.2 Å². The van der Waals surface area contributed by atoms with E-state index in [1.54, 1.807) is 0 Å². The van der Waals surface area contributed by atoms with Crippen LogP contribution in [0.15, 0.2) is 30.3 Å². The van der Waals surface area contributed by atoms with Crippen LogP contribution in [0, 0.1) is 0 Å². The predicted molar refractivity (Wildman–Crippen MR) is 82.3 cm³/mol.